The van der Waals surface area contributed by atoms with Crippen LogP contribution >= 0.6 is 0 Å². The summed E-state index contributed by atoms with van der Waals surface area (Å²) in [5, 5.41) is 15.6. The Kier molecular flexibility index (Phi) is 2.04. The van der Waals surface area contributed by atoms with E-state index < -0.39 is 17.1 Å². The highest BCUT2D eigenvalue weighted by Crippen LogP contribution is 2.14. The summed E-state index contributed by atoms with van der Waals surface area (Å²) in [5.74, 6) is -0.589. The highest BCUT2D eigenvalue weighted by Gasteiger charge is 2.05. The van der Waals surface area contributed by atoms with Crippen molar-refractivity contribution in [2.75, 3.05) is 7.05 Å². The van der Waals surface area contributed by atoms with Gasteiger partial charge in [0.25, 0.3) is 5.56 Å². The predicted octanol–water partition coefficient (Wildman–Crippen LogP) is -0.518. The molecule has 1 aromatic heterocycles. The molecule has 0 aromatic carbocycles. The van der Waals surface area contributed by atoms with Crippen LogP contribution < -0.4 is 11.2 Å². The Balaban J connectivity index is 3.49. The number of nitrogens with one attached hydrogen (secondary N) is 2. The van der Waals surface area contributed by atoms with Crippen molar-refractivity contribution in [2.24, 2.45) is 10.2 Å². The van der Waals surface area contributed by atoms with E-state index in [0.29, 0.717) is 0 Å². The first-order valence-electron chi connectivity index (χ1n) is 3.00. The zero-order chi connectivity index (χ0) is 9.14. The predicted molar refractivity (Wildman–Crippen MR) is 39.8 cm³/mol. The molecule has 0 radical (unpaired) electrons. The Labute approximate surface area is 65.8 Å². The first kappa shape index (κ1) is 8.18. The molecule has 1 aromatic rings. The highest BCUT2D eigenvalue weighted by atomic mass is 16.3. The van der Waals surface area contributed by atoms with Gasteiger partial charge in [-0.25, -0.2) is 4.79 Å². The van der Waals surface area contributed by atoms with E-state index in [2.05, 4.69) is 10.2 Å². The number of aromatic nitrogens is 2. The largest absolute Gasteiger partial charge is 0.493 e. The van der Waals surface area contributed by atoms with Gasteiger partial charge >= 0.3 is 5.69 Å². The quantitative estimate of drug-likeness (QED) is 0.493. The van der Waals surface area contributed by atoms with Crippen molar-refractivity contribution < 1.29 is 5.11 Å². The Morgan fingerprint density at radius 1 is 1.33 bits per heavy atom. The number of nitrogens with zero attached hydrogens (tertiary/aromatic N) is 2. The van der Waals surface area contributed by atoms with Crippen LogP contribution in [0.1, 0.15) is 0 Å². The smallest absolute Gasteiger partial charge is 0.328 e. The van der Waals surface area contributed by atoms with E-state index in [1.807, 2.05) is 9.97 Å². The summed E-state index contributed by atoms with van der Waals surface area (Å²) in [5.41, 5.74) is -1.87. The molecule has 0 fully saturated rings. The zero-order valence-corrected chi connectivity index (χ0v) is 6.16. The van der Waals surface area contributed by atoms with Crippen LogP contribution in [0, 0.1) is 0 Å². The van der Waals surface area contributed by atoms with Gasteiger partial charge in [-0.15, -0.1) is 5.11 Å². The molecule has 0 aliphatic heterocycles. The average molecular weight is 170 g/mol. The minimum atomic E-state index is -0.785. The van der Waals surface area contributed by atoms with Crippen LogP contribution in [0.3, 0.4) is 0 Å². The number of rotatable bonds is 1. The lowest BCUT2D eigenvalue weighted by atomic mass is 10.5. The number of hydrogen-bond acceptors (Lipinski definition) is 5. The summed E-state index contributed by atoms with van der Waals surface area (Å²) in [7, 11) is 1.34. The molecule has 0 spiro atoms. The molecule has 0 saturated heterocycles. The van der Waals surface area contributed by atoms with Crippen molar-refractivity contribution in [3.05, 3.63) is 20.8 Å². The van der Waals surface area contributed by atoms with Crippen LogP contribution in [-0.2, 0) is 0 Å². The zero-order valence-electron chi connectivity index (χ0n) is 6.16. The van der Waals surface area contributed by atoms with E-state index in [0.717, 1.165) is 0 Å². The Bertz CT molecular complexity index is 415. The number of aromatic amines is 2. The van der Waals surface area contributed by atoms with Gasteiger partial charge in [0.15, 0.2) is 0 Å². The van der Waals surface area contributed by atoms with Gasteiger partial charge in [0.2, 0.25) is 11.6 Å². The molecule has 7 heteroatoms. The molecule has 12 heavy (non-hydrogen) atoms. The first-order chi connectivity index (χ1) is 5.65. The molecule has 64 valence electrons. The summed E-state index contributed by atoms with van der Waals surface area (Å²) in [6.45, 7) is 0. The molecule has 0 amide bonds. The summed E-state index contributed by atoms with van der Waals surface area (Å²) in [4.78, 5) is 25.2. The third-order valence-electron chi connectivity index (χ3n) is 1.10. The first-order valence-corrected chi connectivity index (χ1v) is 3.00. The lowest BCUT2D eigenvalue weighted by molar-refractivity contribution is 0.450. The van der Waals surface area contributed by atoms with Gasteiger partial charge in [-0.05, 0) is 0 Å². The lowest BCUT2D eigenvalue weighted by Gasteiger charge is -1.92. The van der Waals surface area contributed by atoms with E-state index in [4.69, 9.17) is 5.11 Å². The van der Waals surface area contributed by atoms with Crippen LogP contribution in [0.4, 0.5) is 5.69 Å². The number of aromatic hydroxyl groups is 1. The molecule has 0 saturated carbocycles. The van der Waals surface area contributed by atoms with Crippen LogP contribution in [0.25, 0.3) is 0 Å². The van der Waals surface area contributed by atoms with Crippen molar-refractivity contribution in [3.8, 4) is 5.88 Å². The van der Waals surface area contributed by atoms with Crippen LogP contribution in [-0.4, -0.2) is 22.1 Å². The molecule has 7 nitrogen and oxygen atoms in total. The fourth-order valence-corrected chi connectivity index (χ4v) is 0.661. The molecule has 1 heterocycles. The molecule has 0 aliphatic carbocycles. The second kappa shape index (κ2) is 2.99. The lowest BCUT2D eigenvalue weighted by Crippen LogP contribution is -2.20. The number of H-pyrrole nitrogens is 2. The van der Waals surface area contributed by atoms with Gasteiger partial charge in [-0.3, -0.25) is 14.8 Å². The minimum Gasteiger partial charge on any atom is -0.493 e. The van der Waals surface area contributed by atoms with Gasteiger partial charge < -0.3 is 5.11 Å². The Morgan fingerprint density at radius 3 is 2.50 bits per heavy atom. The maximum Gasteiger partial charge on any atom is 0.328 e. The molecule has 1 rings (SSSR count). The van der Waals surface area contributed by atoms with Crippen molar-refractivity contribution in [3.63, 3.8) is 0 Å². The monoisotopic (exact) mass is 170 g/mol. The molecule has 0 unspecified atom stereocenters. The summed E-state index contributed by atoms with van der Waals surface area (Å²) in [6, 6.07) is 0. The molecule has 0 bridgehead atoms. The van der Waals surface area contributed by atoms with Crippen LogP contribution in [0.5, 0.6) is 5.88 Å². The standard InChI is InChI=1S/C5H6N4O3/c1-6-9-2-3(10)7-5(12)8-4(2)11/h1H3,(H3,7,8,10,11,12). The summed E-state index contributed by atoms with van der Waals surface area (Å²) < 4.78 is 0. The molecule has 0 aliphatic rings. The van der Waals surface area contributed by atoms with Gasteiger partial charge in [0.1, 0.15) is 0 Å². The van der Waals surface area contributed by atoms with E-state index >= 15 is 0 Å². The fourth-order valence-electron chi connectivity index (χ4n) is 0.661. The Morgan fingerprint density at radius 2 is 2.00 bits per heavy atom. The molecular formula is C5H6N4O3. The highest BCUT2D eigenvalue weighted by molar-refractivity contribution is 5.41. The van der Waals surface area contributed by atoms with Crippen LogP contribution in [0.15, 0.2) is 19.8 Å². The number of hydrogen-bond donors (Lipinski definition) is 3. The molecule has 0 atom stereocenters. The maximum atomic E-state index is 10.9. The van der Waals surface area contributed by atoms with Crippen LogP contribution in [0.2, 0.25) is 0 Å². The van der Waals surface area contributed by atoms with E-state index in [1.54, 1.807) is 0 Å². The number of azo groups is 1. The van der Waals surface area contributed by atoms with Crippen molar-refractivity contribution in [2.45, 2.75) is 0 Å². The second-order valence-electron chi connectivity index (χ2n) is 1.91. The third-order valence-corrected chi connectivity index (χ3v) is 1.10. The van der Waals surface area contributed by atoms with Gasteiger partial charge in [-0.1, -0.05) is 0 Å². The fraction of sp³-hybridized carbons (Fsp3) is 0.200. The SMILES string of the molecule is CN=Nc1c(O)[nH]c(=O)[nH]c1=O. The van der Waals surface area contributed by atoms with Gasteiger partial charge in [0, 0.05) is 7.05 Å². The topological polar surface area (TPSA) is 111 Å². The third kappa shape index (κ3) is 1.39. The average Bonchev–Trinajstić information content (AvgIpc) is 1.96. The molecular weight excluding hydrogens is 164 g/mol. The minimum absolute atomic E-state index is 0.308. The van der Waals surface area contributed by atoms with Gasteiger partial charge in [-0.2, -0.15) is 5.11 Å². The summed E-state index contributed by atoms with van der Waals surface area (Å²) >= 11 is 0. The van der Waals surface area contributed by atoms with Crippen molar-refractivity contribution in [1.29, 1.82) is 0 Å². The van der Waals surface area contributed by atoms with E-state index in [-0.39, 0.29) is 5.69 Å². The second-order valence-corrected chi connectivity index (χ2v) is 1.91. The van der Waals surface area contributed by atoms with Gasteiger partial charge in [0.05, 0.1) is 0 Å². The molecule has 3 N–H and O–H groups in total. The van der Waals surface area contributed by atoms with Crippen molar-refractivity contribution in [1.82, 2.24) is 9.97 Å². The van der Waals surface area contributed by atoms with E-state index in [9.17, 15) is 9.59 Å². The normalized spacial score (nSPS) is 10.8. The Hall–Kier alpha value is -1.92. The maximum absolute atomic E-state index is 10.9. The van der Waals surface area contributed by atoms with Crippen molar-refractivity contribution >= 4 is 5.69 Å². The van der Waals surface area contributed by atoms with E-state index in [1.165, 1.54) is 7.05 Å². The summed E-state index contributed by atoms with van der Waals surface area (Å²) in [6.07, 6.45) is 0.